The van der Waals surface area contributed by atoms with E-state index in [1.54, 1.807) is 0 Å². The number of rotatable bonds is 1. The topological polar surface area (TPSA) is 0 Å². The van der Waals surface area contributed by atoms with Crippen LogP contribution < -0.4 is 0 Å². The maximum absolute atomic E-state index is 4.66. The first-order chi connectivity index (χ1) is 6.29. The van der Waals surface area contributed by atoms with Gasteiger partial charge in [0.05, 0.1) is 0 Å². The SMILES string of the molecule is CC(S)C1CCCC2CCCCC21. The van der Waals surface area contributed by atoms with Crippen LogP contribution in [-0.2, 0) is 0 Å². The highest BCUT2D eigenvalue weighted by atomic mass is 32.1. The third kappa shape index (κ3) is 2.06. The maximum atomic E-state index is 4.66. The molecular weight excluding hydrogens is 176 g/mol. The number of hydrogen-bond donors (Lipinski definition) is 1. The summed E-state index contributed by atoms with van der Waals surface area (Å²) in [5.74, 6) is 3.04. The average molecular weight is 198 g/mol. The summed E-state index contributed by atoms with van der Waals surface area (Å²) in [5.41, 5.74) is 0. The largest absolute Gasteiger partial charge is 0.176 e. The molecule has 4 atom stereocenters. The summed E-state index contributed by atoms with van der Waals surface area (Å²) in [4.78, 5) is 0. The molecule has 0 N–H and O–H groups in total. The lowest BCUT2D eigenvalue weighted by Crippen LogP contribution is -2.34. The Morgan fingerprint density at radius 2 is 1.69 bits per heavy atom. The second kappa shape index (κ2) is 4.25. The molecule has 2 fully saturated rings. The van der Waals surface area contributed by atoms with Crippen molar-refractivity contribution in [2.45, 2.75) is 57.1 Å². The first-order valence-electron chi connectivity index (χ1n) is 5.97. The second-order valence-corrected chi connectivity index (χ2v) is 5.86. The summed E-state index contributed by atoms with van der Waals surface area (Å²) in [7, 11) is 0. The van der Waals surface area contributed by atoms with Crippen molar-refractivity contribution >= 4 is 12.6 Å². The van der Waals surface area contributed by atoms with Gasteiger partial charge in [-0.1, -0.05) is 39.0 Å². The molecule has 2 aliphatic carbocycles. The molecule has 0 bridgehead atoms. The summed E-state index contributed by atoms with van der Waals surface area (Å²) in [6.45, 7) is 2.30. The van der Waals surface area contributed by atoms with Gasteiger partial charge in [-0.2, -0.15) is 12.6 Å². The maximum Gasteiger partial charge on any atom is 0.00194 e. The lowest BCUT2D eigenvalue weighted by molar-refractivity contribution is 0.105. The zero-order chi connectivity index (χ0) is 9.26. The minimum Gasteiger partial charge on any atom is -0.176 e. The van der Waals surface area contributed by atoms with Crippen LogP contribution in [0.4, 0.5) is 0 Å². The summed E-state index contributed by atoms with van der Waals surface area (Å²) >= 11 is 4.66. The minimum absolute atomic E-state index is 0.630. The van der Waals surface area contributed by atoms with Crippen LogP contribution in [-0.4, -0.2) is 5.25 Å². The molecule has 0 saturated heterocycles. The fourth-order valence-corrected chi connectivity index (χ4v) is 3.96. The smallest absolute Gasteiger partial charge is 0.00194 e. The van der Waals surface area contributed by atoms with Gasteiger partial charge in [-0.3, -0.25) is 0 Å². The quantitative estimate of drug-likeness (QED) is 0.607. The van der Waals surface area contributed by atoms with Gasteiger partial charge in [0.15, 0.2) is 0 Å². The average Bonchev–Trinajstić information content (AvgIpc) is 2.17. The molecule has 13 heavy (non-hydrogen) atoms. The summed E-state index contributed by atoms with van der Waals surface area (Å²) in [6.07, 6.45) is 10.4. The fraction of sp³-hybridized carbons (Fsp3) is 1.00. The first-order valence-corrected chi connectivity index (χ1v) is 6.48. The predicted molar refractivity (Wildman–Crippen MR) is 61.2 cm³/mol. The van der Waals surface area contributed by atoms with E-state index in [9.17, 15) is 0 Å². The zero-order valence-electron chi connectivity index (χ0n) is 8.71. The van der Waals surface area contributed by atoms with E-state index in [2.05, 4.69) is 19.6 Å². The van der Waals surface area contributed by atoms with Crippen LogP contribution in [0, 0.1) is 17.8 Å². The molecule has 2 aliphatic rings. The highest BCUT2D eigenvalue weighted by molar-refractivity contribution is 7.80. The van der Waals surface area contributed by atoms with Gasteiger partial charge >= 0.3 is 0 Å². The number of fused-ring (bicyclic) bond motifs is 1. The standard InChI is InChI=1S/C12H22S/c1-9(13)11-8-4-6-10-5-2-3-7-12(10)11/h9-13H,2-8H2,1H3. The van der Waals surface area contributed by atoms with Gasteiger partial charge in [-0.15, -0.1) is 0 Å². The molecule has 76 valence electrons. The van der Waals surface area contributed by atoms with Crippen LogP contribution in [0.2, 0.25) is 0 Å². The monoisotopic (exact) mass is 198 g/mol. The molecule has 4 unspecified atom stereocenters. The van der Waals surface area contributed by atoms with Gasteiger partial charge in [0.2, 0.25) is 0 Å². The predicted octanol–water partition coefficient (Wildman–Crippen LogP) is 3.91. The van der Waals surface area contributed by atoms with Crippen molar-refractivity contribution in [3.8, 4) is 0 Å². The van der Waals surface area contributed by atoms with Crippen molar-refractivity contribution in [1.29, 1.82) is 0 Å². The van der Waals surface area contributed by atoms with Gasteiger partial charge in [-0.05, 0) is 30.6 Å². The normalized spacial score (nSPS) is 42.5. The molecule has 0 aliphatic heterocycles. The van der Waals surface area contributed by atoms with Crippen LogP contribution >= 0.6 is 12.6 Å². The number of hydrogen-bond acceptors (Lipinski definition) is 1. The molecule has 0 heterocycles. The summed E-state index contributed by atoms with van der Waals surface area (Å²) < 4.78 is 0. The molecule has 1 heteroatoms. The van der Waals surface area contributed by atoms with E-state index >= 15 is 0 Å². The van der Waals surface area contributed by atoms with E-state index in [1.807, 2.05) is 0 Å². The third-order valence-corrected chi connectivity index (χ3v) is 4.63. The van der Waals surface area contributed by atoms with E-state index in [0.29, 0.717) is 5.25 Å². The van der Waals surface area contributed by atoms with Crippen molar-refractivity contribution in [3.05, 3.63) is 0 Å². The van der Waals surface area contributed by atoms with Crippen molar-refractivity contribution in [2.24, 2.45) is 17.8 Å². The van der Waals surface area contributed by atoms with Crippen LogP contribution in [0.25, 0.3) is 0 Å². The van der Waals surface area contributed by atoms with Gasteiger partial charge < -0.3 is 0 Å². The third-order valence-electron chi connectivity index (χ3n) is 4.25. The van der Waals surface area contributed by atoms with E-state index in [4.69, 9.17) is 0 Å². The van der Waals surface area contributed by atoms with E-state index in [1.165, 1.54) is 44.9 Å². The molecule has 0 aromatic rings. The Morgan fingerprint density at radius 1 is 1.00 bits per heavy atom. The Hall–Kier alpha value is 0.350. The molecule has 0 aromatic carbocycles. The molecule has 0 spiro atoms. The van der Waals surface area contributed by atoms with Crippen molar-refractivity contribution < 1.29 is 0 Å². The Balaban J connectivity index is 2.02. The van der Waals surface area contributed by atoms with Gasteiger partial charge in [0, 0.05) is 5.25 Å². The molecule has 2 saturated carbocycles. The minimum atomic E-state index is 0.630. The van der Waals surface area contributed by atoms with E-state index in [0.717, 1.165) is 17.8 Å². The Bertz CT molecular complexity index is 163. The van der Waals surface area contributed by atoms with E-state index in [-0.39, 0.29) is 0 Å². The summed E-state index contributed by atoms with van der Waals surface area (Å²) in [6, 6.07) is 0. The zero-order valence-corrected chi connectivity index (χ0v) is 9.60. The van der Waals surface area contributed by atoms with E-state index < -0.39 is 0 Å². The van der Waals surface area contributed by atoms with Crippen LogP contribution in [0.15, 0.2) is 0 Å². The van der Waals surface area contributed by atoms with Crippen LogP contribution in [0.5, 0.6) is 0 Å². The second-order valence-electron chi connectivity index (χ2n) is 5.04. The number of thiol groups is 1. The van der Waals surface area contributed by atoms with Gasteiger partial charge in [-0.25, -0.2) is 0 Å². The fourth-order valence-electron chi connectivity index (χ4n) is 3.59. The lowest BCUT2D eigenvalue weighted by atomic mass is 9.65. The molecule has 0 nitrogen and oxygen atoms in total. The van der Waals surface area contributed by atoms with Crippen molar-refractivity contribution in [1.82, 2.24) is 0 Å². The molecular formula is C12H22S. The van der Waals surface area contributed by atoms with Crippen molar-refractivity contribution in [3.63, 3.8) is 0 Å². The van der Waals surface area contributed by atoms with Crippen LogP contribution in [0.3, 0.4) is 0 Å². The highest BCUT2D eigenvalue weighted by Crippen LogP contribution is 2.45. The van der Waals surface area contributed by atoms with Gasteiger partial charge in [0.25, 0.3) is 0 Å². The molecule has 0 radical (unpaired) electrons. The van der Waals surface area contributed by atoms with Crippen molar-refractivity contribution in [2.75, 3.05) is 0 Å². The first kappa shape index (κ1) is 9.89. The molecule has 0 aromatic heterocycles. The van der Waals surface area contributed by atoms with Gasteiger partial charge in [0.1, 0.15) is 0 Å². The highest BCUT2D eigenvalue weighted by Gasteiger charge is 2.36. The summed E-state index contributed by atoms with van der Waals surface area (Å²) in [5, 5.41) is 0.630. The molecule has 2 rings (SSSR count). The lowest BCUT2D eigenvalue weighted by Gasteiger charge is -2.43. The Morgan fingerprint density at radius 3 is 2.46 bits per heavy atom. The Kier molecular flexibility index (Phi) is 3.23. The Labute approximate surface area is 87.9 Å². The van der Waals surface area contributed by atoms with Crippen LogP contribution in [0.1, 0.15) is 51.9 Å². The molecule has 0 amide bonds.